The molecule has 168 valence electrons. The van der Waals surface area contributed by atoms with Crippen LogP contribution in [-0.4, -0.2) is 49.0 Å². The summed E-state index contributed by atoms with van der Waals surface area (Å²) in [7, 11) is 4.17. The molecule has 1 aromatic heterocycles. The average Bonchev–Trinajstić information content (AvgIpc) is 3.44. The van der Waals surface area contributed by atoms with Crippen molar-refractivity contribution in [3.63, 3.8) is 0 Å². The van der Waals surface area contributed by atoms with E-state index in [1.807, 2.05) is 24.3 Å². The van der Waals surface area contributed by atoms with Crippen molar-refractivity contribution in [3.8, 4) is 10.6 Å². The maximum absolute atomic E-state index is 13.0. The molecule has 1 amide bonds. The number of likely N-dealkylation sites (N-methyl/N-ethyl adjacent to an activating group) is 1. The molecule has 0 aliphatic carbocycles. The van der Waals surface area contributed by atoms with Crippen LogP contribution in [0.1, 0.15) is 22.5 Å². The standard InChI is InChI=1S/C23H23F3N4OS/c1-29(2)19-10-11-30(13-19)18-8-6-17(7-9-18)27-21(31)20-14-32-22(28-20)15-4-3-5-16(12-15)23(24,25)26/h3-9,12,14,19H,10-11,13H2,1-2H3,(H,27,31). The van der Waals surface area contributed by atoms with Gasteiger partial charge in [-0.3, -0.25) is 4.79 Å². The molecule has 1 unspecified atom stereocenters. The molecule has 0 bridgehead atoms. The van der Waals surface area contributed by atoms with E-state index in [4.69, 9.17) is 0 Å². The molecule has 32 heavy (non-hydrogen) atoms. The molecule has 2 heterocycles. The highest BCUT2D eigenvalue weighted by molar-refractivity contribution is 7.13. The normalized spacial score (nSPS) is 16.6. The summed E-state index contributed by atoms with van der Waals surface area (Å²) in [5.74, 6) is -0.402. The molecule has 3 aromatic rings. The van der Waals surface area contributed by atoms with Crippen molar-refractivity contribution in [1.82, 2.24) is 9.88 Å². The third-order valence-corrected chi connectivity index (χ3v) is 6.45. The minimum absolute atomic E-state index is 0.167. The van der Waals surface area contributed by atoms with Crippen LogP contribution in [0.25, 0.3) is 10.6 Å². The van der Waals surface area contributed by atoms with Crippen LogP contribution in [0.3, 0.4) is 0 Å². The van der Waals surface area contributed by atoms with Crippen molar-refractivity contribution < 1.29 is 18.0 Å². The summed E-state index contributed by atoms with van der Waals surface area (Å²) in [6.07, 6.45) is -3.31. The minimum atomic E-state index is -4.43. The highest BCUT2D eigenvalue weighted by Crippen LogP contribution is 2.33. The first kappa shape index (κ1) is 22.3. The van der Waals surface area contributed by atoms with Gasteiger partial charge in [-0.25, -0.2) is 4.98 Å². The Morgan fingerprint density at radius 1 is 1.19 bits per heavy atom. The fraction of sp³-hybridized carbons (Fsp3) is 0.304. The predicted octanol–water partition coefficient (Wildman–Crippen LogP) is 5.22. The van der Waals surface area contributed by atoms with Gasteiger partial charge in [0.1, 0.15) is 10.7 Å². The number of nitrogens with one attached hydrogen (secondary N) is 1. The second-order valence-electron chi connectivity index (χ2n) is 7.97. The number of carbonyl (C=O) groups is 1. The molecular weight excluding hydrogens is 437 g/mol. The van der Waals surface area contributed by atoms with Crippen LogP contribution in [0.2, 0.25) is 0 Å². The van der Waals surface area contributed by atoms with E-state index in [0.717, 1.165) is 48.7 Å². The molecule has 1 saturated heterocycles. The number of aromatic nitrogens is 1. The number of alkyl halides is 3. The summed E-state index contributed by atoms with van der Waals surface area (Å²) in [5.41, 5.74) is 1.49. The third kappa shape index (κ3) is 4.94. The quantitative estimate of drug-likeness (QED) is 0.567. The predicted molar refractivity (Wildman–Crippen MR) is 121 cm³/mol. The van der Waals surface area contributed by atoms with E-state index in [1.165, 1.54) is 6.07 Å². The zero-order chi connectivity index (χ0) is 22.9. The molecule has 2 aromatic carbocycles. The van der Waals surface area contributed by atoms with Gasteiger partial charge in [-0.05, 0) is 56.9 Å². The Kier molecular flexibility index (Phi) is 6.21. The van der Waals surface area contributed by atoms with Crippen LogP contribution >= 0.6 is 11.3 Å². The van der Waals surface area contributed by atoms with E-state index in [1.54, 1.807) is 11.4 Å². The van der Waals surface area contributed by atoms with Crippen molar-refractivity contribution in [2.75, 3.05) is 37.4 Å². The lowest BCUT2D eigenvalue weighted by molar-refractivity contribution is -0.137. The molecule has 0 saturated carbocycles. The Morgan fingerprint density at radius 2 is 1.94 bits per heavy atom. The lowest BCUT2D eigenvalue weighted by Gasteiger charge is -2.22. The second kappa shape index (κ2) is 8.91. The summed E-state index contributed by atoms with van der Waals surface area (Å²) in [6, 6.07) is 13.1. The number of halogens is 3. The van der Waals surface area contributed by atoms with Crippen molar-refractivity contribution in [2.45, 2.75) is 18.6 Å². The first-order valence-corrected chi connectivity index (χ1v) is 11.0. The van der Waals surface area contributed by atoms with Gasteiger partial charge < -0.3 is 15.1 Å². The molecule has 0 radical (unpaired) electrons. The molecule has 1 aliphatic heterocycles. The average molecular weight is 461 g/mol. The van der Waals surface area contributed by atoms with Crippen LogP contribution in [0.4, 0.5) is 24.5 Å². The summed E-state index contributed by atoms with van der Waals surface area (Å²) >= 11 is 1.13. The lowest BCUT2D eigenvalue weighted by atomic mass is 10.1. The number of hydrogen-bond donors (Lipinski definition) is 1. The van der Waals surface area contributed by atoms with E-state index in [2.05, 4.69) is 34.2 Å². The Labute approximate surface area is 188 Å². The van der Waals surface area contributed by atoms with Crippen molar-refractivity contribution in [2.24, 2.45) is 0 Å². The number of nitrogens with zero attached hydrogens (tertiary/aromatic N) is 3. The topological polar surface area (TPSA) is 48.5 Å². The van der Waals surface area contributed by atoms with E-state index in [-0.39, 0.29) is 5.69 Å². The van der Waals surface area contributed by atoms with E-state index >= 15 is 0 Å². The maximum atomic E-state index is 13.0. The first-order chi connectivity index (χ1) is 15.2. The molecule has 4 rings (SSSR count). The van der Waals surface area contributed by atoms with Gasteiger partial charge in [0.25, 0.3) is 5.91 Å². The summed E-state index contributed by atoms with van der Waals surface area (Å²) < 4.78 is 38.9. The SMILES string of the molecule is CN(C)C1CCN(c2ccc(NC(=O)c3csc(-c4cccc(C(F)(F)F)c4)n3)cc2)C1. The summed E-state index contributed by atoms with van der Waals surface area (Å²) in [5, 5.41) is 4.71. The van der Waals surface area contributed by atoms with Crippen LogP contribution in [0, 0.1) is 0 Å². The van der Waals surface area contributed by atoms with Gasteiger partial charge in [-0.15, -0.1) is 11.3 Å². The highest BCUT2D eigenvalue weighted by atomic mass is 32.1. The third-order valence-electron chi connectivity index (χ3n) is 5.56. The highest BCUT2D eigenvalue weighted by Gasteiger charge is 2.30. The minimum Gasteiger partial charge on any atom is -0.370 e. The molecule has 1 atom stereocenters. The Balaban J connectivity index is 1.42. The first-order valence-electron chi connectivity index (χ1n) is 10.2. The Hall–Kier alpha value is -2.91. The Bertz CT molecular complexity index is 1100. The number of benzene rings is 2. The van der Waals surface area contributed by atoms with Gasteiger partial charge >= 0.3 is 6.18 Å². The van der Waals surface area contributed by atoms with Gasteiger partial charge in [-0.1, -0.05) is 12.1 Å². The molecule has 0 spiro atoms. The largest absolute Gasteiger partial charge is 0.416 e. The summed E-state index contributed by atoms with van der Waals surface area (Å²) in [6.45, 7) is 1.96. The van der Waals surface area contributed by atoms with Gasteiger partial charge in [0.05, 0.1) is 5.56 Å². The van der Waals surface area contributed by atoms with Gasteiger partial charge in [-0.2, -0.15) is 13.2 Å². The van der Waals surface area contributed by atoms with Gasteiger partial charge in [0.15, 0.2) is 0 Å². The van der Waals surface area contributed by atoms with E-state index < -0.39 is 17.6 Å². The maximum Gasteiger partial charge on any atom is 0.416 e. The summed E-state index contributed by atoms with van der Waals surface area (Å²) in [4.78, 5) is 21.4. The monoisotopic (exact) mass is 460 g/mol. The van der Waals surface area contributed by atoms with Crippen molar-refractivity contribution in [3.05, 3.63) is 65.2 Å². The zero-order valence-electron chi connectivity index (χ0n) is 17.7. The number of rotatable bonds is 5. The van der Waals surface area contributed by atoms with E-state index in [9.17, 15) is 18.0 Å². The number of amides is 1. The fourth-order valence-corrected chi connectivity index (χ4v) is 4.48. The van der Waals surface area contributed by atoms with Crippen LogP contribution < -0.4 is 10.2 Å². The lowest BCUT2D eigenvalue weighted by Crippen LogP contribution is -2.31. The number of carbonyl (C=O) groups excluding carboxylic acids is 1. The van der Waals surface area contributed by atoms with Gasteiger partial charge in [0, 0.05) is 41.4 Å². The number of thiazole rings is 1. The number of hydrogen-bond acceptors (Lipinski definition) is 5. The molecular formula is C23H23F3N4OS. The smallest absolute Gasteiger partial charge is 0.370 e. The zero-order valence-corrected chi connectivity index (χ0v) is 18.5. The van der Waals surface area contributed by atoms with Crippen molar-refractivity contribution in [1.29, 1.82) is 0 Å². The van der Waals surface area contributed by atoms with Crippen LogP contribution in [0.15, 0.2) is 53.9 Å². The van der Waals surface area contributed by atoms with Crippen molar-refractivity contribution >= 4 is 28.6 Å². The molecule has 1 N–H and O–H groups in total. The molecule has 5 nitrogen and oxygen atoms in total. The van der Waals surface area contributed by atoms with Crippen LogP contribution in [-0.2, 0) is 6.18 Å². The van der Waals surface area contributed by atoms with Gasteiger partial charge in [0.2, 0.25) is 0 Å². The molecule has 9 heteroatoms. The number of anilines is 2. The van der Waals surface area contributed by atoms with E-state index in [0.29, 0.717) is 22.3 Å². The fourth-order valence-electron chi connectivity index (χ4n) is 3.69. The molecule has 1 fully saturated rings. The molecule has 1 aliphatic rings. The Morgan fingerprint density at radius 3 is 2.59 bits per heavy atom. The second-order valence-corrected chi connectivity index (χ2v) is 8.83. The van der Waals surface area contributed by atoms with Crippen LogP contribution in [0.5, 0.6) is 0 Å².